The van der Waals surface area contributed by atoms with E-state index in [1.165, 1.54) is 12.8 Å². The van der Waals surface area contributed by atoms with Crippen molar-refractivity contribution in [1.82, 2.24) is 4.90 Å². The van der Waals surface area contributed by atoms with Gasteiger partial charge in [-0.2, -0.15) is 0 Å². The number of primary amides is 1. The average Bonchev–Trinajstić information content (AvgIpc) is 2.20. The summed E-state index contributed by atoms with van der Waals surface area (Å²) in [4.78, 5) is 13.1. The van der Waals surface area contributed by atoms with E-state index in [0.29, 0.717) is 5.57 Å². The maximum absolute atomic E-state index is 11.1. The Balaban J connectivity index is 2.53. The summed E-state index contributed by atoms with van der Waals surface area (Å²) in [7, 11) is 0. The summed E-state index contributed by atoms with van der Waals surface area (Å²) in [6.45, 7) is 3.09. The lowest BCUT2D eigenvalue weighted by Gasteiger charge is -2.30. The summed E-state index contributed by atoms with van der Waals surface area (Å²) in [5.41, 5.74) is 5.82. The Morgan fingerprint density at radius 2 is 2.33 bits per heavy atom. The zero-order chi connectivity index (χ0) is 11.3. The number of carbonyl (C=O) groups is 1. The fourth-order valence-electron chi connectivity index (χ4n) is 1.55. The molecule has 1 rings (SSSR count). The number of amides is 1. The zero-order valence-electron chi connectivity index (χ0n) is 9.02. The molecule has 3 nitrogen and oxygen atoms in total. The second kappa shape index (κ2) is 5.85. The van der Waals surface area contributed by atoms with Crippen molar-refractivity contribution in [3.05, 3.63) is 23.9 Å². The van der Waals surface area contributed by atoms with Gasteiger partial charge in [0.25, 0.3) is 0 Å². The predicted molar refractivity (Wildman–Crippen MR) is 65.4 cm³/mol. The molecule has 0 spiro atoms. The maximum Gasteiger partial charge on any atom is 0.247 e. The lowest BCUT2D eigenvalue weighted by molar-refractivity contribution is -0.114. The number of carbonyl (C=O) groups excluding carboxylic acids is 1. The number of unbranched alkanes of at least 4 members (excludes halogenated alkanes) is 2. The van der Waals surface area contributed by atoms with Crippen LogP contribution in [0.4, 0.5) is 0 Å². The monoisotopic (exact) mass is 226 g/mol. The summed E-state index contributed by atoms with van der Waals surface area (Å²) < 4.78 is 0. The number of hydrogen-bond acceptors (Lipinski definition) is 3. The molecule has 0 fully saturated rings. The highest BCUT2D eigenvalue weighted by Crippen LogP contribution is 2.20. The first-order valence-corrected chi connectivity index (χ1v) is 5.80. The lowest BCUT2D eigenvalue weighted by Crippen LogP contribution is -2.35. The van der Waals surface area contributed by atoms with Gasteiger partial charge in [0, 0.05) is 18.3 Å². The second-order valence-corrected chi connectivity index (χ2v) is 4.14. The van der Waals surface area contributed by atoms with Crippen molar-refractivity contribution in [1.29, 1.82) is 0 Å². The number of hydrogen-bond donors (Lipinski definition) is 2. The van der Waals surface area contributed by atoms with Gasteiger partial charge in [-0.1, -0.05) is 19.8 Å². The van der Waals surface area contributed by atoms with Crippen LogP contribution in [0.25, 0.3) is 0 Å². The maximum atomic E-state index is 11.1. The van der Waals surface area contributed by atoms with E-state index in [1.54, 1.807) is 6.08 Å². The van der Waals surface area contributed by atoms with Crippen LogP contribution in [0.2, 0.25) is 0 Å². The summed E-state index contributed by atoms with van der Waals surface area (Å²) in [6.07, 6.45) is 9.03. The van der Waals surface area contributed by atoms with E-state index < -0.39 is 0 Å². The molecule has 1 atom stereocenters. The summed E-state index contributed by atoms with van der Waals surface area (Å²) in [5.74, 6) is -0.389. The Kier molecular flexibility index (Phi) is 4.75. The van der Waals surface area contributed by atoms with Crippen molar-refractivity contribution < 1.29 is 4.79 Å². The van der Waals surface area contributed by atoms with Crippen LogP contribution in [0.15, 0.2) is 23.9 Å². The Morgan fingerprint density at radius 3 is 2.93 bits per heavy atom. The molecule has 84 valence electrons. The summed E-state index contributed by atoms with van der Waals surface area (Å²) in [6, 6.07) is 0. The highest BCUT2D eigenvalue weighted by atomic mass is 32.1. The number of rotatable bonds is 5. The summed E-state index contributed by atoms with van der Waals surface area (Å²) >= 11 is 4.40. The Labute approximate surface area is 96.4 Å². The second-order valence-electron chi connectivity index (χ2n) is 3.65. The van der Waals surface area contributed by atoms with Crippen molar-refractivity contribution in [2.75, 3.05) is 6.54 Å². The standard InChI is InChI=1S/C11H18N2OS/c1-2-3-4-7-13-8-5-6-9(10(12)14)11(13)15/h5-6,8,11,15H,2-4,7H2,1H3,(H2,12,14). The largest absolute Gasteiger partial charge is 0.366 e. The third-order valence-electron chi connectivity index (χ3n) is 2.45. The predicted octanol–water partition coefficient (Wildman–Crippen LogP) is 1.67. The van der Waals surface area contributed by atoms with Gasteiger partial charge in [0.15, 0.2) is 0 Å². The van der Waals surface area contributed by atoms with Crippen molar-refractivity contribution >= 4 is 18.5 Å². The molecule has 0 saturated carbocycles. The smallest absolute Gasteiger partial charge is 0.247 e. The topological polar surface area (TPSA) is 46.3 Å². The molecule has 0 radical (unpaired) electrons. The quantitative estimate of drug-likeness (QED) is 0.553. The summed E-state index contributed by atoms with van der Waals surface area (Å²) in [5, 5.41) is -0.190. The van der Waals surface area contributed by atoms with E-state index in [-0.39, 0.29) is 11.3 Å². The van der Waals surface area contributed by atoms with E-state index >= 15 is 0 Å². The minimum atomic E-state index is -0.389. The molecule has 0 aliphatic carbocycles. The molecule has 1 heterocycles. The highest BCUT2D eigenvalue weighted by molar-refractivity contribution is 7.81. The fourth-order valence-corrected chi connectivity index (χ4v) is 1.96. The van der Waals surface area contributed by atoms with E-state index in [9.17, 15) is 4.79 Å². The number of nitrogens with two attached hydrogens (primary N) is 1. The Morgan fingerprint density at radius 1 is 1.60 bits per heavy atom. The van der Waals surface area contributed by atoms with Crippen molar-refractivity contribution in [3.63, 3.8) is 0 Å². The molecule has 1 amide bonds. The van der Waals surface area contributed by atoms with Gasteiger partial charge >= 0.3 is 0 Å². The molecule has 0 bridgehead atoms. The SMILES string of the molecule is CCCCCN1C=CC=C(C(N)=O)C1S. The van der Waals surface area contributed by atoms with Gasteiger partial charge in [-0.15, -0.1) is 12.6 Å². The van der Waals surface area contributed by atoms with Crippen LogP contribution in [0, 0.1) is 0 Å². The molecule has 1 unspecified atom stereocenters. The molecular formula is C11H18N2OS. The van der Waals surface area contributed by atoms with Gasteiger partial charge in [-0.25, -0.2) is 0 Å². The molecule has 4 heteroatoms. The average molecular weight is 226 g/mol. The van der Waals surface area contributed by atoms with Gasteiger partial charge in [0.2, 0.25) is 5.91 Å². The van der Waals surface area contributed by atoms with Crippen LogP contribution < -0.4 is 5.73 Å². The molecule has 2 N–H and O–H groups in total. The van der Waals surface area contributed by atoms with E-state index in [1.807, 2.05) is 17.2 Å². The minimum absolute atomic E-state index is 0.190. The fraction of sp³-hybridized carbons (Fsp3) is 0.545. The van der Waals surface area contributed by atoms with Crippen LogP contribution in [0.3, 0.4) is 0 Å². The molecule has 0 aromatic rings. The van der Waals surface area contributed by atoms with Gasteiger partial charge in [-0.3, -0.25) is 4.79 Å². The van der Waals surface area contributed by atoms with Crippen molar-refractivity contribution in [3.8, 4) is 0 Å². The third kappa shape index (κ3) is 3.30. The molecule has 15 heavy (non-hydrogen) atoms. The first-order valence-electron chi connectivity index (χ1n) is 5.28. The molecule has 0 aromatic carbocycles. The molecule has 0 aromatic heterocycles. The molecule has 1 aliphatic heterocycles. The number of thiol groups is 1. The van der Waals surface area contributed by atoms with Crippen molar-refractivity contribution in [2.24, 2.45) is 5.73 Å². The first kappa shape index (κ1) is 12.2. The van der Waals surface area contributed by atoms with Gasteiger partial charge in [0.05, 0.1) is 0 Å². The van der Waals surface area contributed by atoms with Crippen LogP contribution in [0.1, 0.15) is 26.2 Å². The lowest BCUT2D eigenvalue weighted by atomic mass is 10.1. The van der Waals surface area contributed by atoms with E-state index in [4.69, 9.17) is 5.73 Å². The van der Waals surface area contributed by atoms with Crippen LogP contribution in [-0.4, -0.2) is 22.7 Å². The van der Waals surface area contributed by atoms with Crippen LogP contribution in [-0.2, 0) is 4.79 Å². The highest BCUT2D eigenvalue weighted by Gasteiger charge is 2.21. The number of allylic oxidation sites excluding steroid dienone is 2. The van der Waals surface area contributed by atoms with Crippen molar-refractivity contribution in [2.45, 2.75) is 31.6 Å². The molecule has 1 aliphatic rings. The Bertz CT molecular complexity index is 286. The molecular weight excluding hydrogens is 208 g/mol. The Hall–Kier alpha value is -0.900. The van der Waals surface area contributed by atoms with Crippen LogP contribution >= 0.6 is 12.6 Å². The van der Waals surface area contributed by atoms with Gasteiger partial charge < -0.3 is 10.6 Å². The normalized spacial score (nSPS) is 20.3. The zero-order valence-corrected chi connectivity index (χ0v) is 9.91. The molecule has 0 saturated heterocycles. The van der Waals surface area contributed by atoms with Gasteiger partial charge in [0.1, 0.15) is 5.37 Å². The van der Waals surface area contributed by atoms with Gasteiger partial charge in [-0.05, 0) is 18.6 Å². The van der Waals surface area contributed by atoms with E-state index in [0.717, 1.165) is 13.0 Å². The first-order chi connectivity index (χ1) is 7.16. The van der Waals surface area contributed by atoms with E-state index in [2.05, 4.69) is 19.6 Å². The minimum Gasteiger partial charge on any atom is -0.366 e. The van der Waals surface area contributed by atoms with Crippen LogP contribution in [0.5, 0.6) is 0 Å². The third-order valence-corrected chi connectivity index (χ3v) is 3.02. The number of nitrogens with zero attached hydrogens (tertiary/aromatic N) is 1.